The minimum Gasteiger partial charge on any atom is -0.491 e. The summed E-state index contributed by atoms with van der Waals surface area (Å²) in [4.78, 5) is 12.3. The Bertz CT molecular complexity index is 603. The smallest absolute Gasteiger partial charge is 0.251 e. The fraction of sp³-hybridized carbons (Fsp3) is 0.550. The Labute approximate surface area is 149 Å². The van der Waals surface area contributed by atoms with E-state index in [0.717, 1.165) is 37.7 Å². The topological polar surface area (TPSA) is 58.6 Å². The first-order valence-corrected chi connectivity index (χ1v) is 8.99. The molecule has 0 saturated carbocycles. The number of carbonyl (C=O) groups is 1. The Hall–Kier alpha value is -1.88. The molecule has 2 rings (SSSR count). The van der Waals surface area contributed by atoms with Crippen LogP contribution in [0.1, 0.15) is 54.4 Å². The number of nitrogens with one attached hydrogen (secondary N) is 1. The van der Waals surface area contributed by atoms with Gasteiger partial charge >= 0.3 is 0 Å². The lowest BCUT2D eigenvalue weighted by Gasteiger charge is -2.29. The van der Waals surface area contributed by atoms with Gasteiger partial charge in [-0.1, -0.05) is 12.2 Å². The van der Waals surface area contributed by atoms with E-state index in [-0.39, 0.29) is 12.5 Å². The molecule has 0 radical (unpaired) electrons. The zero-order valence-electron chi connectivity index (χ0n) is 14.9. The van der Waals surface area contributed by atoms with Crippen molar-refractivity contribution in [1.82, 2.24) is 5.32 Å². The first-order valence-electron chi connectivity index (χ1n) is 8.99. The van der Waals surface area contributed by atoms with E-state index < -0.39 is 12.3 Å². The highest BCUT2D eigenvalue weighted by Gasteiger charge is 2.26. The average Bonchev–Trinajstić information content (AvgIpc) is 2.57. The van der Waals surface area contributed by atoms with E-state index >= 15 is 0 Å². The standard InChI is InChI=1S/C20H28FNO3/c1-16-15-17(7-8-18(16)25-14-12-21)19(23)22-13-11-20(24)9-5-3-2-4-6-10-20/h2-3,7-8,15,24H,4-6,9-14H2,1H3,(H,22,23)/b3-2-. The number of aliphatic hydroxyl groups is 1. The molecule has 0 aromatic heterocycles. The van der Waals surface area contributed by atoms with Gasteiger partial charge in [0.2, 0.25) is 0 Å². The van der Waals surface area contributed by atoms with Gasteiger partial charge in [-0.2, -0.15) is 0 Å². The maximum atomic E-state index is 12.3. The van der Waals surface area contributed by atoms with Gasteiger partial charge in [0.05, 0.1) is 5.60 Å². The SMILES string of the molecule is Cc1cc(C(=O)NCCC2(O)CC/C=C\CCC2)ccc1OCCF. The van der Waals surface area contributed by atoms with Crippen molar-refractivity contribution in [2.24, 2.45) is 0 Å². The van der Waals surface area contributed by atoms with E-state index in [1.165, 1.54) is 0 Å². The number of halogens is 1. The Balaban J connectivity index is 1.85. The van der Waals surface area contributed by atoms with Crippen molar-refractivity contribution in [3.05, 3.63) is 41.5 Å². The molecule has 1 unspecified atom stereocenters. The summed E-state index contributed by atoms with van der Waals surface area (Å²) in [5, 5.41) is 13.6. The summed E-state index contributed by atoms with van der Waals surface area (Å²) in [6.45, 7) is 1.74. The molecule has 0 bridgehead atoms. The number of carbonyl (C=O) groups excluding carboxylic acids is 1. The van der Waals surface area contributed by atoms with Crippen LogP contribution in [0.4, 0.5) is 4.39 Å². The lowest BCUT2D eigenvalue weighted by Crippen LogP contribution is -2.35. The molecule has 1 aromatic carbocycles. The van der Waals surface area contributed by atoms with Crippen LogP contribution >= 0.6 is 0 Å². The molecule has 0 saturated heterocycles. The van der Waals surface area contributed by atoms with Gasteiger partial charge in [0.25, 0.3) is 5.91 Å². The third-order valence-corrected chi connectivity index (χ3v) is 4.60. The fourth-order valence-electron chi connectivity index (χ4n) is 3.12. The van der Waals surface area contributed by atoms with Crippen LogP contribution in [0.15, 0.2) is 30.4 Å². The van der Waals surface area contributed by atoms with Gasteiger partial charge < -0.3 is 15.2 Å². The minimum absolute atomic E-state index is 0.0140. The molecule has 0 fully saturated rings. The van der Waals surface area contributed by atoms with Crippen LogP contribution in [0.5, 0.6) is 5.75 Å². The zero-order chi connectivity index (χ0) is 18.1. The second-order valence-electron chi connectivity index (χ2n) is 6.65. The number of hydrogen-bond acceptors (Lipinski definition) is 3. The summed E-state index contributed by atoms with van der Waals surface area (Å²) in [5.41, 5.74) is 0.641. The van der Waals surface area contributed by atoms with Crippen LogP contribution < -0.4 is 10.1 Å². The normalized spacial score (nSPS) is 21.9. The van der Waals surface area contributed by atoms with Gasteiger partial charge in [-0.15, -0.1) is 0 Å². The summed E-state index contributed by atoms with van der Waals surface area (Å²) >= 11 is 0. The van der Waals surface area contributed by atoms with Gasteiger partial charge in [0.15, 0.2) is 0 Å². The predicted octanol–water partition coefficient (Wildman–Crippen LogP) is 3.71. The van der Waals surface area contributed by atoms with E-state index in [4.69, 9.17) is 4.74 Å². The monoisotopic (exact) mass is 349 g/mol. The molecule has 1 aliphatic rings. The molecule has 0 aliphatic heterocycles. The minimum atomic E-state index is -0.696. The molecule has 1 aromatic rings. The molecule has 0 heterocycles. The molecular weight excluding hydrogens is 321 g/mol. The highest BCUT2D eigenvalue weighted by Crippen LogP contribution is 2.26. The first-order chi connectivity index (χ1) is 12.0. The fourth-order valence-corrected chi connectivity index (χ4v) is 3.12. The van der Waals surface area contributed by atoms with Crippen LogP contribution in [-0.2, 0) is 0 Å². The number of allylic oxidation sites excluding steroid dienone is 2. The van der Waals surface area contributed by atoms with Crippen molar-refractivity contribution in [3.8, 4) is 5.75 Å². The number of ether oxygens (including phenoxy) is 1. The molecule has 1 aliphatic carbocycles. The van der Waals surface area contributed by atoms with Crippen molar-refractivity contribution in [3.63, 3.8) is 0 Å². The third-order valence-electron chi connectivity index (χ3n) is 4.60. The maximum Gasteiger partial charge on any atom is 0.251 e. The van der Waals surface area contributed by atoms with Gasteiger partial charge in [0.1, 0.15) is 19.0 Å². The number of amides is 1. The largest absolute Gasteiger partial charge is 0.491 e. The number of hydrogen-bond donors (Lipinski definition) is 2. The highest BCUT2D eigenvalue weighted by molar-refractivity contribution is 5.94. The van der Waals surface area contributed by atoms with Gasteiger partial charge in [-0.25, -0.2) is 4.39 Å². The lowest BCUT2D eigenvalue weighted by atomic mass is 9.86. The quantitative estimate of drug-likeness (QED) is 0.738. The molecular formula is C20H28FNO3. The predicted molar refractivity (Wildman–Crippen MR) is 96.8 cm³/mol. The second kappa shape index (κ2) is 9.56. The van der Waals surface area contributed by atoms with Crippen molar-refractivity contribution < 1.29 is 19.0 Å². The molecule has 1 amide bonds. The Kier molecular flexibility index (Phi) is 7.44. The molecule has 2 N–H and O–H groups in total. The van der Waals surface area contributed by atoms with Crippen molar-refractivity contribution >= 4 is 5.91 Å². The van der Waals surface area contributed by atoms with Crippen LogP contribution in [0, 0.1) is 6.92 Å². The zero-order valence-corrected chi connectivity index (χ0v) is 14.9. The van der Waals surface area contributed by atoms with E-state index in [1.54, 1.807) is 18.2 Å². The van der Waals surface area contributed by atoms with Gasteiger partial charge in [-0.3, -0.25) is 4.79 Å². The molecule has 138 valence electrons. The summed E-state index contributed by atoms with van der Waals surface area (Å²) in [6, 6.07) is 5.10. The average molecular weight is 349 g/mol. The van der Waals surface area contributed by atoms with E-state index in [2.05, 4.69) is 17.5 Å². The van der Waals surface area contributed by atoms with Gasteiger partial charge in [-0.05, 0) is 69.2 Å². The summed E-state index contributed by atoms with van der Waals surface area (Å²) in [5.74, 6) is 0.417. The Morgan fingerprint density at radius 1 is 1.32 bits per heavy atom. The number of rotatable bonds is 7. The van der Waals surface area contributed by atoms with Gasteiger partial charge in [0, 0.05) is 12.1 Å². The van der Waals surface area contributed by atoms with Crippen LogP contribution in [0.3, 0.4) is 0 Å². The molecule has 4 nitrogen and oxygen atoms in total. The second-order valence-corrected chi connectivity index (χ2v) is 6.65. The lowest BCUT2D eigenvalue weighted by molar-refractivity contribution is 0.0132. The number of alkyl halides is 1. The van der Waals surface area contributed by atoms with Crippen LogP contribution in [0.25, 0.3) is 0 Å². The van der Waals surface area contributed by atoms with Crippen LogP contribution in [0.2, 0.25) is 0 Å². The molecule has 0 spiro atoms. The third kappa shape index (κ3) is 6.16. The number of benzene rings is 1. The Morgan fingerprint density at radius 2 is 2.12 bits per heavy atom. The van der Waals surface area contributed by atoms with E-state index in [0.29, 0.717) is 24.3 Å². The maximum absolute atomic E-state index is 12.3. The highest BCUT2D eigenvalue weighted by atomic mass is 19.1. The van der Waals surface area contributed by atoms with E-state index in [9.17, 15) is 14.3 Å². The van der Waals surface area contributed by atoms with Crippen molar-refractivity contribution in [2.45, 2.75) is 51.0 Å². The summed E-state index contributed by atoms with van der Waals surface area (Å²) in [6.07, 6.45) is 9.22. The molecule has 25 heavy (non-hydrogen) atoms. The number of aryl methyl sites for hydroxylation is 1. The van der Waals surface area contributed by atoms with Crippen molar-refractivity contribution in [2.75, 3.05) is 19.8 Å². The summed E-state index contributed by atoms with van der Waals surface area (Å²) in [7, 11) is 0. The van der Waals surface area contributed by atoms with E-state index in [1.807, 2.05) is 6.92 Å². The van der Waals surface area contributed by atoms with Crippen molar-refractivity contribution in [1.29, 1.82) is 0 Å². The summed E-state index contributed by atoms with van der Waals surface area (Å²) < 4.78 is 17.4. The molecule has 1 atom stereocenters. The van der Waals surface area contributed by atoms with Crippen LogP contribution in [-0.4, -0.2) is 36.4 Å². The molecule has 5 heteroatoms. The Morgan fingerprint density at radius 3 is 2.88 bits per heavy atom. The first kappa shape index (κ1) is 19.4.